The van der Waals surface area contributed by atoms with Crippen LogP contribution in [0.3, 0.4) is 0 Å². The van der Waals surface area contributed by atoms with Gasteiger partial charge in [-0.1, -0.05) is 68.5 Å². The molecule has 41 heavy (non-hydrogen) atoms. The summed E-state index contributed by atoms with van der Waals surface area (Å²) in [5.41, 5.74) is 7.74. The van der Waals surface area contributed by atoms with Gasteiger partial charge in [-0.05, 0) is 48.7 Å². The van der Waals surface area contributed by atoms with Crippen molar-refractivity contribution < 1.29 is 40.6 Å². The van der Waals surface area contributed by atoms with Crippen LogP contribution in [0.2, 0.25) is 0 Å². The maximum atomic E-state index is 12.3. The van der Waals surface area contributed by atoms with Gasteiger partial charge in [0.15, 0.2) is 0 Å². The number of hydrogen-bond donors (Lipinski definition) is 0. The quantitative estimate of drug-likeness (QED) is 0.105. The number of rotatable bonds is 8. The van der Waals surface area contributed by atoms with Crippen molar-refractivity contribution in [3.05, 3.63) is 113 Å². The molecule has 204 valence electrons. The summed E-state index contributed by atoms with van der Waals surface area (Å²) in [6.45, 7) is 7.76. The molecule has 0 fully saturated rings. The second-order valence-electron chi connectivity index (χ2n) is 9.98. The van der Waals surface area contributed by atoms with Gasteiger partial charge in [0, 0.05) is 18.0 Å². The molecular formula is C34H32N4O2U. The topological polar surface area (TPSA) is 78.8 Å². The van der Waals surface area contributed by atoms with Gasteiger partial charge in [0.25, 0.3) is 0 Å². The molecule has 0 bridgehead atoms. The van der Waals surface area contributed by atoms with Gasteiger partial charge >= 0.3 is 37.1 Å². The Morgan fingerprint density at radius 2 is 1.88 bits per heavy atom. The first-order valence-corrected chi connectivity index (χ1v) is 13.6. The molecular weight excluding hydrogens is 734 g/mol. The zero-order valence-electron chi connectivity index (χ0n) is 23.8. The minimum absolute atomic E-state index is 0. The van der Waals surface area contributed by atoms with Crippen molar-refractivity contribution in [3.63, 3.8) is 0 Å². The second kappa shape index (κ2) is 13.4. The van der Waals surface area contributed by atoms with E-state index in [4.69, 9.17) is 14.7 Å². The van der Waals surface area contributed by atoms with Gasteiger partial charge in [-0.15, -0.1) is 12.5 Å². The largest absolute Gasteiger partial charge is 2.00 e. The van der Waals surface area contributed by atoms with E-state index >= 15 is 0 Å². The number of carbonyl (C=O) groups excluding carboxylic acids is 1. The fourth-order valence-corrected chi connectivity index (χ4v) is 5.22. The van der Waals surface area contributed by atoms with E-state index in [-0.39, 0.29) is 48.8 Å². The summed E-state index contributed by atoms with van der Waals surface area (Å²) in [5, 5.41) is 10.3. The Kier molecular flexibility index (Phi) is 9.96. The molecule has 3 heterocycles. The van der Waals surface area contributed by atoms with Gasteiger partial charge in [0.2, 0.25) is 0 Å². The first-order valence-electron chi connectivity index (χ1n) is 13.6. The Morgan fingerprint density at radius 1 is 1.15 bits per heavy atom. The van der Waals surface area contributed by atoms with E-state index in [1.165, 1.54) is 0 Å². The molecule has 7 heteroatoms. The van der Waals surface area contributed by atoms with Crippen LogP contribution >= 0.6 is 0 Å². The summed E-state index contributed by atoms with van der Waals surface area (Å²) < 4.78 is 7.38. The van der Waals surface area contributed by atoms with Gasteiger partial charge in [-0.3, -0.25) is 15.7 Å². The van der Waals surface area contributed by atoms with E-state index in [0.29, 0.717) is 23.7 Å². The number of pyridine rings is 1. The molecule has 5 rings (SSSR count). The molecule has 0 aliphatic carbocycles. The van der Waals surface area contributed by atoms with Crippen LogP contribution in [0.5, 0.6) is 0 Å². The summed E-state index contributed by atoms with van der Waals surface area (Å²) in [4.78, 5) is 22.0. The van der Waals surface area contributed by atoms with Crippen LogP contribution in [-0.2, 0) is 4.74 Å². The maximum Gasteiger partial charge on any atom is 2.00 e. The fourth-order valence-electron chi connectivity index (χ4n) is 5.22. The van der Waals surface area contributed by atoms with Crippen LogP contribution in [0.15, 0.2) is 89.8 Å². The average Bonchev–Trinajstić information content (AvgIpc) is 3.33. The number of esters is 1. The maximum absolute atomic E-state index is 12.3. The molecule has 4 aromatic rings. The predicted octanol–water partition coefficient (Wildman–Crippen LogP) is 7.70. The van der Waals surface area contributed by atoms with Gasteiger partial charge < -0.3 is 14.7 Å². The third-order valence-electron chi connectivity index (χ3n) is 7.12. The zero-order chi connectivity index (χ0) is 28.2. The Balaban J connectivity index is 0.00000387. The number of benzene rings is 2. The molecule has 1 aliphatic rings. The van der Waals surface area contributed by atoms with Crippen LogP contribution in [0, 0.1) is 43.1 Å². The van der Waals surface area contributed by atoms with Gasteiger partial charge in [0.1, 0.15) is 6.04 Å². The number of carbonyl (C=O) groups is 1. The Labute approximate surface area is 265 Å². The van der Waals surface area contributed by atoms with Crippen LogP contribution in [0.25, 0.3) is 33.1 Å². The zero-order valence-corrected chi connectivity index (χ0v) is 27.9. The van der Waals surface area contributed by atoms with Crippen molar-refractivity contribution in [2.75, 3.05) is 6.61 Å². The summed E-state index contributed by atoms with van der Waals surface area (Å²) in [6, 6.07) is 19.6. The molecule has 2 atom stereocenters. The van der Waals surface area contributed by atoms with E-state index in [2.05, 4.69) is 48.0 Å². The molecule has 2 aromatic carbocycles. The van der Waals surface area contributed by atoms with Crippen molar-refractivity contribution in [1.82, 2.24) is 9.55 Å². The minimum Gasteiger partial charge on any atom is -0.876 e. The van der Waals surface area contributed by atoms with Crippen LogP contribution < -0.4 is 0 Å². The van der Waals surface area contributed by atoms with Crippen LogP contribution in [-0.4, -0.2) is 34.1 Å². The molecule has 1 aliphatic heterocycles. The van der Waals surface area contributed by atoms with Crippen molar-refractivity contribution in [1.29, 1.82) is 0 Å². The molecule has 0 amide bonds. The number of hydrogen-bond acceptors (Lipinski definition) is 4. The molecule has 0 saturated carbocycles. The van der Waals surface area contributed by atoms with E-state index < -0.39 is 0 Å². The average molecular weight is 767 g/mol. The van der Waals surface area contributed by atoms with E-state index in [1.54, 1.807) is 39.1 Å². The molecule has 0 spiro atoms. The van der Waals surface area contributed by atoms with Crippen molar-refractivity contribution in [3.8, 4) is 11.1 Å². The number of allylic oxidation sites excluding steroid dienone is 4. The van der Waals surface area contributed by atoms with Gasteiger partial charge in [-0.2, -0.15) is 0 Å². The smallest absolute Gasteiger partial charge is 0.876 e. The minimum atomic E-state index is -0.342. The van der Waals surface area contributed by atoms with Crippen LogP contribution in [0.1, 0.15) is 61.6 Å². The third-order valence-corrected chi connectivity index (χ3v) is 7.12. The second-order valence-corrected chi connectivity index (χ2v) is 9.98. The Bertz CT molecular complexity index is 1650. The normalized spacial score (nSPS) is 15.7. The molecule has 0 radical (unpaired) electrons. The Hall–Kier alpha value is -3.53. The molecule has 0 saturated heterocycles. The summed E-state index contributed by atoms with van der Waals surface area (Å²) in [6.07, 6.45) is 12.1. The standard InChI is InChI=1S/C34H32N4O2.U/c1-5-28(23(4)35)27-19-31-32(37-20-27)29(24-12-14-26(15-13-24)34(39)40-6-2)21-38(31)33(25-10-8-7-9-11-25)30-18-22(3)16-17-36-30;/h7-15,17-22,33H,6,16H2,1-4H3;/q-2;+2/t22?,33-;/m0./s1. The van der Waals surface area contributed by atoms with E-state index in [0.717, 1.165) is 45.4 Å². The number of ether oxygens (including phenoxy) is 1. The third kappa shape index (κ3) is 6.37. The number of nitrogens with zero attached hydrogens (tertiary/aromatic N) is 4. The summed E-state index contributed by atoms with van der Waals surface area (Å²) >= 11 is 0. The predicted molar refractivity (Wildman–Crippen MR) is 162 cm³/mol. The van der Waals surface area contributed by atoms with Gasteiger partial charge in [-0.25, -0.2) is 16.4 Å². The number of aliphatic imine (C=N–C) groups is 1. The van der Waals surface area contributed by atoms with Gasteiger partial charge in [0.05, 0.1) is 28.9 Å². The molecule has 0 N–H and O–H groups in total. The Morgan fingerprint density at radius 3 is 2.51 bits per heavy atom. The van der Waals surface area contributed by atoms with Crippen molar-refractivity contribution >= 4 is 34.5 Å². The first kappa shape index (κ1) is 30.4. The summed E-state index contributed by atoms with van der Waals surface area (Å²) in [5.74, 6) is 0.0327. The van der Waals surface area contributed by atoms with Crippen molar-refractivity contribution in [2.45, 2.75) is 40.2 Å². The fraction of sp³-hybridized carbons (Fsp3) is 0.235. The monoisotopic (exact) mass is 766 g/mol. The molecule has 6 nitrogen and oxygen atoms in total. The van der Waals surface area contributed by atoms with Crippen LogP contribution in [0.4, 0.5) is 0 Å². The SMILES string of the molecule is C[C-]=C(C(C)=[N-])c1cnc2c(-c3ccc(C(=O)OCC)cc3)cn([C@H](C3=CC(C)CC=N3)c3ccccc3)c2c1.[U+2]. The van der Waals surface area contributed by atoms with E-state index in [9.17, 15) is 10.2 Å². The molecule has 2 aromatic heterocycles. The summed E-state index contributed by atoms with van der Waals surface area (Å²) in [7, 11) is 0. The van der Waals surface area contributed by atoms with Crippen molar-refractivity contribution in [2.24, 2.45) is 10.9 Å². The number of aromatic nitrogens is 2. The van der Waals surface area contributed by atoms with E-state index in [1.807, 2.05) is 36.5 Å². The molecule has 1 unspecified atom stereocenters. The number of fused-ring (bicyclic) bond motifs is 1. The first-order chi connectivity index (χ1) is 19.4.